The van der Waals surface area contributed by atoms with Crippen LogP contribution in [0, 0.1) is 0 Å². The van der Waals surface area contributed by atoms with Crippen LogP contribution in [0.5, 0.6) is 0 Å². The van der Waals surface area contributed by atoms with Gasteiger partial charge in [-0.3, -0.25) is 14.4 Å². The molecule has 0 aliphatic heterocycles. The average molecular weight is 1000 g/mol. The van der Waals surface area contributed by atoms with Gasteiger partial charge >= 0.3 is 17.4 Å². The molecule has 0 bridgehead atoms. The van der Waals surface area contributed by atoms with Gasteiger partial charge in [-0.1, -0.05) is 290 Å². The van der Waals surface area contributed by atoms with Crippen molar-refractivity contribution in [2.75, 3.05) is 0 Å². The molecule has 0 aliphatic rings. The summed E-state index contributed by atoms with van der Waals surface area (Å²) in [6.07, 6.45) is 58.1. The molecule has 9 nitrogen and oxygen atoms in total. The van der Waals surface area contributed by atoms with E-state index >= 15 is 0 Å². The fraction of sp³-hybridized carbons (Fsp3) is 0.900. The minimum Gasteiger partial charge on any atom is -0.550 e. The van der Waals surface area contributed by atoms with Gasteiger partial charge in [-0.05, 0) is 19.3 Å². The number of carboxylic acids is 3. The molecule has 0 saturated heterocycles. The normalized spacial score (nSPS) is 10.7. The Labute approximate surface area is 443 Å². The summed E-state index contributed by atoms with van der Waals surface area (Å²) in [5.41, 5.74) is 0. The van der Waals surface area contributed by atoms with E-state index in [2.05, 4.69) is 20.8 Å². The van der Waals surface area contributed by atoms with Crippen molar-refractivity contribution in [2.45, 2.75) is 348 Å². The first-order valence-corrected chi connectivity index (χ1v) is 29.6. The summed E-state index contributed by atoms with van der Waals surface area (Å²) in [4.78, 5) is 64.2. The third kappa shape index (κ3) is 74.9. The van der Waals surface area contributed by atoms with Gasteiger partial charge in [-0.15, -0.1) is 0 Å². The predicted molar refractivity (Wildman–Crippen MR) is 288 cm³/mol. The van der Waals surface area contributed by atoms with Gasteiger partial charge in [0.1, 0.15) is 17.3 Å². The third-order valence-corrected chi connectivity index (χ3v) is 13.2. The molecule has 0 spiro atoms. The molecule has 0 heterocycles. The van der Waals surface area contributed by atoms with Crippen LogP contribution in [0.1, 0.15) is 348 Å². The fourth-order valence-electron chi connectivity index (χ4n) is 8.83. The molecular weight excluding hydrogens is 892 g/mol. The summed E-state index contributed by atoms with van der Waals surface area (Å²) < 4.78 is 0. The number of hydrogen-bond acceptors (Lipinski definition) is 9. The number of ketones is 3. The van der Waals surface area contributed by atoms with Gasteiger partial charge in [0.2, 0.25) is 0 Å². The number of Topliss-reactive ketones (excluding diaryl/α,β-unsaturated/α-hetero) is 3. The molecule has 10 heteroatoms. The number of rotatable bonds is 54. The van der Waals surface area contributed by atoms with Crippen molar-refractivity contribution >= 4 is 52.6 Å². The molecule has 0 atom stereocenters. The Kier molecular flexibility index (Phi) is 69.1. The maximum atomic E-state index is 11.2. The van der Waals surface area contributed by atoms with E-state index < -0.39 is 37.2 Å². The summed E-state index contributed by atoms with van der Waals surface area (Å²) in [6.45, 7) is 6.78. The Morgan fingerprint density at radius 1 is 0.214 bits per heavy atom. The molecule has 0 aromatic carbocycles. The fourth-order valence-corrected chi connectivity index (χ4v) is 8.83. The van der Waals surface area contributed by atoms with E-state index in [1.54, 1.807) is 0 Å². The summed E-state index contributed by atoms with van der Waals surface area (Å²) >= 11 is 0. The smallest absolute Gasteiger partial charge is 0.550 e. The van der Waals surface area contributed by atoms with Crippen LogP contribution in [0.15, 0.2) is 0 Å². The first-order valence-electron chi connectivity index (χ1n) is 29.6. The van der Waals surface area contributed by atoms with Gasteiger partial charge in [0, 0.05) is 56.4 Å². The van der Waals surface area contributed by atoms with Gasteiger partial charge in [0.05, 0.1) is 0 Å². The Morgan fingerprint density at radius 2 is 0.329 bits per heavy atom. The maximum Gasteiger partial charge on any atom is 3.00 e. The standard InChI is InChI=1S/3C20H38O3.Al/c3*1-2-3-4-5-6-7-8-9-10-11-12-13-14-15-16-17-19(21)18-20(22)23;/h3*2-18H2,1H3,(H,22,23);/q;;;+3/p-3. The SMILES string of the molecule is CCCCCCCCCCCCCCCCCC(=O)CC(=O)[O-].CCCCCCCCCCCCCCCCCC(=O)CC(=O)[O-].CCCCCCCCCCCCCCCCCC(=O)CC(=O)[O-].[Al+3]. The zero-order valence-corrected chi connectivity index (χ0v) is 47.5. The van der Waals surface area contributed by atoms with Crippen LogP contribution in [0.4, 0.5) is 0 Å². The third-order valence-electron chi connectivity index (χ3n) is 13.2. The summed E-state index contributed by atoms with van der Waals surface area (Å²) in [7, 11) is 0. The van der Waals surface area contributed by atoms with E-state index in [0.29, 0.717) is 19.3 Å². The molecule has 0 aromatic rings. The zero-order chi connectivity index (χ0) is 51.5. The van der Waals surface area contributed by atoms with Crippen LogP contribution in [0.2, 0.25) is 0 Å². The molecule has 0 aromatic heterocycles. The van der Waals surface area contributed by atoms with Gasteiger partial charge in [0.15, 0.2) is 0 Å². The van der Waals surface area contributed by atoms with E-state index in [0.717, 1.165) is 57.8 Å². The van der Waals surface area contributed by atoms with E-state index in [4.69, 9.17) is 0 Å². The zero-order valence-electron chi connectivity index (χ0n) is 46.3. The molecule has 0 amide bonds. The van der Waals surface area contributed by atoms with Crippen LogP contribution in [0.25, 0.3) is 0 Å². The second-order valence-corrected chi connectivity index (χ2v) is 20.4. The molecule has 408 valence electrons. The molecular formula is C60H111AlO9. The molecule has 0 saturated carbocycles. The van der Waals surface area contributed by atoms with Crippen molar-refractivity contribution in [3.63, 3.8) is 0 Å². The Balaban J connectivity index is -0.000000463. The average Bonchev–Trinajstić information content (AvgIpc) is 3.30. The number of hydrogen-bond donors (Lipinski definition) is 0. The van der Waals surface area contributed by atoms with Crippen molar-refractivity contribution in [3.05, 3.63) is 0 Å². The van der Waals surface area contributed by atoms with Gasteiger partial charge in [-0.2, -0.15) is 0 Å². The van der Waals surface area contributed by atoms with Crippen LogP contribution < -0.4 is 15.3 Å². The summed E-state index contributed by atoms with van der Waals surface area (Å²) in [5.74, 6) is -4.35. The van der Waals surface area contributed by atoms with Gasteiger partial charge in [0.25, 0.3) is 0 Å². The molecule has 0 fully saturated rings. The topological polar surface area (TPSA) is 172 Å². The van der Waals surface area contributed by atoms with Crippen molar-refractivity contribution in [3.8, 4) is 0 Å². The molecule has 0 aliphatic carbocycles. The second-order valence-electron chi connectivity index (χ2n) is 20.4. The van der Waals surface area contributed by atoms with E-state index in [9.17, 15) is 44.1 Å². The molecule has 0 radical (unpaired) electrons. The van der Waals surface area contributed by atoms with Gasteiger partial charge in [-0.25, -0.2) is 0 Å². The van der Waals surface area contributed by atoms with Crippen molar-refractivity contribution in [2.24, 2.45) is 0 Å². The Morgan fingerprint density at radius 3 is 0.443 bits per heavy atom. The van der Waals surface area contributed by atoms with Gasteiger partial charge < -0.3 is 29.7 Å². The Bertz CT molecular complexity index is 1010. The van der Waals surface area contributed by atoms with E-state index in [-0.39, 0.29) is 34.7 Å². The van der Waals surface area contributed by atoms with Crippen LogP contribution >= 0.6 is 0 Å². The number of unbranched alkanes of at least 4 members (excludes halogenated alkanes) is 42. The number of carboxylic acid groups (broad SMARTS) is 3. The van der Waals surface area contributed by atoms with Crippen molar-refractivity contribution < 1.29 is 44.1 Å². The largest absolute Gasteiger partial charge is 3.00 e. The number of carbonyl (C=O) groups is 6. The minimum absolute atomic E-state index is 0. The van der Waals surface area contributed by atoms with Crippen molar-refractivity contribution in [1.29, 1.82) is 0 Å². The molecule has 0 rings (SSSR count). The quantitative estimate of drug-likeness (QED) is 0.0327. The summed E-state index contributed by atoms with van der Waals surface area (Å²) in [5, 5.41) is 30.7. The van der Waals surface area contributed by atoms with E-state index in [1.807, 2.05) is 0 Å². The monoisotopic (exact) mass is 1000 g/mol. The minimum atomic E-state index is -1.25. The van der Waals surface area contributed by atoms with Crippen LogP contribution in [-0.4, -0.2) is 52.6 Å². The predicted octanol–water partition coefficient (Wildman–Crippen LogP) is 14.5. The van der Waals surface area contributed by atoms with Crippen LogP contribution in [0.3, 0.4) is 0 Å². The van der Waals surface area contributed by atoms with E-state index in [1.165, 1.54) is 231 Å². The first kappa shape index (κ1) is 74.5. The molecule has 0 N–H and O–H groups in total. The second kappa shape index (κ2) is 65.0. The number of carbonyl (C=O) groups excluding carboxylic acids is 6. The molecule has 70 heavy (non-hydrogen) atoms. The summed E-state index contributed by atoms with van der Waals surface area (Å²) in [6, 6.07) is 0. The Hall–Kier alpha value is -2.05. The number of aliphatic carboxylic acids is 3. The maximum absolute atomic E-state index is 11.2. The van der Waals surface area contributed by atoms with Crippen molar-refractivity contribution in [1.82, 2.24) is 0 Å². The molecule has 0 unspecified atom stereocenters. The van der Waals surface area contributed by atoms with Crippen LogP contribution in [-0.2, 0) is 28.8 Å². The first-order chi connectivity index (χ1) is 33.5.